The number of halogens is 1. The van der Waals surface area contributed by atoms with E-state index in [4.69, 9.17) is 19.2 Å². The molecule has 0 fully saturated rings. The Kier molecular flexibility index (Phi) is 9.34. The van der Waals surface area contributed by atoms with E-state index in [1.807, 2.05) is 14.1 Å². The summed E-state index contributed by atoms with van der Waals surface area (Å²) in [6.45, 7) is 5.55. The lowest BCUT2D eigenvalue weighted by Gasteiger charge is -2.22. The van der Waals surface area contributed by atoms with E-state index < -0.39 is 0 Å². The maximum Gasteiger partial charge on any atom is 0.260 e. The van der Waals surface area contributed by atoms with Crippen LogP contribution in [0.3, 0.4) is 0 Å². The first-order valence-corrected chi connectivity index (χ1v) is 11.3. The van der Waals surface area contributed by atoms with Gasteiger partial charge in [0.15, 0.2) is 16.6 Å². The highest BCUT2D eigenvalue weighted by Crippen LogP contribution is 2.39. The van der Waals surface area contributed by atoms with Gasteiger partial charge in [0.25, 0.3) is 5.91 Å². The van der Waals surface area contributed by atoms with Crippen molar-refractivity contribution >= 4 is 45.0 Å². The average Bonchev–Trinajstić information content (AvgIpc) is 3.22. The summed E-state index contributed by atoms with van der Waals surface area (Å²) in [5, 5.41) is 0.686. The van der Waals surface area contributed by atoms with E-state index in [1.54, 1.807) is 38.4 Å². The summed E-state index contributed by atoms with van der Waals surface area (Å²) < 4.78 is 17.4. The van der Waals surface area contributed by atoms with Crippen molar-refractivity contribution in [1.82, 2.24) is 9.88 Å². The van der Waals surface area contributed by atoms with Crippen molar-refractivity contribution in [2.24, 2.45) is 0 Å². The summed E-state index contributed by atoms with van der Waals surface area (Å²) in [6.07, 6.45) is 0.817. The molecule has 1 aromatic heterocycles. The summed E-state index contributed by atoms with van der Waals surface area (Å²) in [6, 6.07) is 7.54. The van der Waals surface area contributed by atoms with Crippen LogP contribution in [0.5, 0.6) is 17.2 Å². The number of ether oxygens (including phenoxy) is 3. The summed E-state index contributed by atoms with van der Waals surface area (Å²) in [7, 11) is 8.67. The first kappa shape index (κ1) is 26.7. The molecule has 1 heterocycles. The molecule has 180 valence electrons. The lowest BCUT2D eigenvalue weighted by Crippen LogP contribution is -2.33. The second kappa shape index (κ2) is 11.5. The normalized spacial score (nSPS) is 10.8. The molecule has 0 bridgehead atoms. The summed E-state index contributed by atoms with van der Waals surface area (Å²) in [4.78, 5) is 22.4. The number of carbonyl (C=O) groups excluding carboxylic acids is 1. The Balaban J connectivity index is 0.00000385. The van der Waals surface area contributed by atoms with Crippen LogP contribution in [0, 0.1) is 13.8 Å². The minimum absolute atomic E-state index is 0. The molecule has 0 N–H and O–H groups in total. The van der Waals surface area contributed by atoms with Crippen LogP contribution in [-0.4, -0.2) is 64.3 Å². The maximum absolute atomic E-state index is 13.7. The van der Waals surface area contributed by atoms with Crippen molar-refractivity contribution < 1.29 is 19.0 Å². The van der Waals surface area contributed by atoms with Crippen LogP contribution in [0.25, 0.3) is 10.2 Å². The zero-order valence-electron chi connectivity index (χ0n) is 20.2. The van der Waals surface area contributed by atoms with Gasteiger partial charge in [-0.3, -0.25) is 9.69 Å². The number of fused-ring (bicyclic) bond motifs is 1. The van der Waals surface area contributed by atoms with Gasteiger partial charge in [0.1, 0.15) is 0 Å². The Morgan fingerprint density at radius 2 is 1.64 bits per heavy atom. The lowest BCUT2D eigenvalue weighted by atomic mass is 10.1. The largest absolute Gasteiger partial charge is 0.493 e. The highest BCUT2D eigenvalue weighted by molar-refractivity contribution is 7.22. The van der Waals surface area contributed by atoms with Gasteiger partial charge in [0.05, 0.1) is 31.5 Å². The predicted molar refractivity (Wildman–Crippen MR) is 137 cm³/mol. The molecular weight excluding hydrogens is 462 g/mol. The molecule has 0 aliphatic heterocycles. The van der Waals surface area contributed by atoms with Crippen LogP contribution < -0.4 is 19.1 Å². The van der Waals surface area contributed by atoms with Crippen molar-refractivity contribution in [3.8, 4) is 17.2 Å². The number of hydrogen-bond acceptors (Lipinski definition) is 7. The molecule has 0 spiro atoms. The molecule has 3 aromatic rings. The van der Waals surface area contributed by atoms with E-state index in [0.29, 0.717) is 34.5 Å². The summed E-state index contributed by atoms with van der Waals surface area (Å²) in [5.74, 6) is 1.19. The molecule has 7 nitrogen and oxygen atoms in total. The van der Waals surface area contributed by atoms with Crippen molar-refractivity contribution in [3.05, 3.63) is 41.0 Å². The van der Waals surface area contributed by atoms with Gasteiger partial charge in [-0.1, -0.05) is 17.4 Å². The molecule has 2 aromatic carbocycles. The van der Waals surface area contributed by atoms with E-state index in [1.165, 1.54) is 16.9 Å². The smallest absolute Gasteiger partial charge is 0.260 e. The molecule has 9 heteroatoms. The second-order valence-corrected chi connectivity index (χ2v) is 8.89. The van der Waals surface area contributed by atoms with Crippen LogP contribution in [0.1, 0.15) is 27.9 Å². The Labute approximate surface area is 205 Å². The van der Waals surface area contributed by atoms with E-state index in [0.717, 1.165) is 28.7 Å². The van der Waals surface area contributed by atoms with Crippen molar-refractivity contribution in [1.29, 1.82) is 0 Å². The molecule has 1 amide bonds. The van der Waals surface area contributed by atoms with Crippen LogP contribution in [0.4, 0.5) is 5.13 Å². The third kappa shape index (κ3) is 5.69. The Hall–Kier alpha value is -2.55. The number of hydrogen-bond donors (Lipinski definition) is 0. The zero-order chi connectivity index (χ0) is 23.4. The second-order valence-electron chi connectivity index (χ2n) is 7.88. The Morgan fingerprint density at radius 1 is 1.00 bits per heavy atom. The molecule has 0 aliphatic rings. The average molecular weight is 494 g/mol. The molecule has 0 saturated carbocycles. The van der Waals surface area contributed by atoms with Gasteiger partial charge in [-0.05, 0) is 70.2 Å². The molecule has 0 aliphatic carbocycles. The molecule has 3 rings (SSSR count). The standard InChI is InChI=1S/C24H31N3O4S.ClH/c1-15-9-10-20-21(16(15)2)25-24(32-20)27(12-8-11-26(3)4)23(28)17-13-18(29-5)22(31-7)19(14-17)30-6;/h9-10,13-14H,8,11-12H2,1-7H3;1H. The minimum atomic E-state index is -0.156. The van der Waals surface area contributed by atoms with E-state index in [2.05, 4.69) is 30.9 Å². The third-order valence-electron chi connectivity index (χ3n) is 5.45. The van der Waals surface area contributed by atoms with Crippen LogP contribution in [0.15, 0.2) is 24.3 Å². The first-order chi connectivity index (χ1) is 15.3. The number of nitrogens with zero attached hydrogens (tertiary/aromatic N) is 3. The van der Waals surface area contributed by atoms with E-state index in [-0.39, 0.29) is 18.3 Å². The number of anilines is 1. The Bertz CT molecular complexity index is 1090. The number of aryl methyl sites for hydroxylation is 2. The van der Waals surface area contributed by atoms with Gasteiger partial charge in [-0.2, -0.15) is 0 Å². The van der Waals surface area contributed by atoms with Gasteiger partial charge in [-0.25, -0.2) is 4.98 Å². The summed E-state index contributed by atoms with van der Waals surface area (Å²) in [5.41, 5.74) is 3.72. The number of thiazole rings is 1. The highest BCUT2D eigenvalue weighted by atomic mass is 35.5. The highest BCUT2D eigenvalue weighted by Gasteiger charge is 2.25. The van der Waals surface area contributed by atoms with Crippen LogP contribution >= 0.6 is 23.7 Å². The van der Waals surface area contributed by atoms with Gasteiger partial charge in [-0.15, -0.1) is 12.4 Å². The number of amides is 1. The molecule has 0 radical (unpaired) electrons. The van der Waals surface area contributed by atoms with E-state index in [9.17, 15) is 4.79 Å². The molecule has 33 heavy (non-hydrogen) atoms. The number of rotatable bonds is 9. The number of benzene rings is 2. The molecule has 0 atom stereocenters. The van der Waals surface area contributed by atoms with E-state index >= 15 is 0 Å². The first-order valence-electron chi connectivity index (χ1n) is 10.4. The third-order valence-corrected chi connectivity index (χ3v) is 6.49. The van der Waals surface area contributed by atoms with Gasteiger partial charge in [0, 0.05) is 12.1 Å². The van der Waals surface area contributed by atoms with Crippen molar-refractivity contribution in [2.45, 2.75) is 20.3 Å². The topological polar surface area (TPSA) is 64.1 Å². The molecular formula is C24H32ClN3O4S. The van der Waals surface area contributed by atoms with Gasteiger partial charge < -0.3 is 19.1 Å². The Morgan fingerprint density at radius 3 is 2.18 bits per heavy atom. The quantitative estimate of drug-likeness (QED) is 0.420. The van der Waals surface area contributed by atoms with Gasteiger partial charge in [0.2, 0.25) is 5.75 Å². The van der Waals surface area contributed by atoms with Gasteiger partial charge >= 0.3 is 0 Å². The monoisotopic (exact) mass is 493 g/mol. The number of carbonyl (C=O) groups is 1. The zero-order valence-corrected chi connectivity index (χ0v) is 21.9. The van der Waals surface area contributed by atoms with Crippen LogP contribution in [-0.2, 0) is 0 Å². The molecule has 0 unspecified atom stereocenters. The molecule has 0 saturated heterocycles. The number of methoxy groups -OCH3 is 3. The fourth-order valence-corrected chi connectivity index (χ4v) is 4.57. The lowest BCUT2D eigenvalue weighted by molar-refractivity contribution is 0.0985. The summed E-state index contributed by atoms with van der Waals surface area (Å²) >= 11 is 1.53. The van der Waals surface area contributed by atoms with Crippen molar-refractivity contribution in [3.63, 3.8) is 0 Å². The van der Waals surface area contributed by atoms with Crippen molar-refractivity contribution in [2.75, 3.05) is 53.4 Å². The maximum atomic E-state index is 13.7. The minimum Gasteiger partial charge on any atom is -0.493 e. The fourth-order valence-electron chi connectivity index (χ4n) is 3.52. The fraction of sp³-hybridized carbons (Fsp3) is 0.417. The predicted octanol–water partition coefficient (Wildman–Crippen LogP) is 4.96. The number of aromatic nitrogens is 1. The SMILES string of the molecule is COc1cc(C(=O)N(CCCN(C)C)c2nc3c(C)c(C)ccc3s2)cc(OC)c1OC.Cl. The van der Waals surface area contributed by atoms with Crippen LogP contribution in [0.2, 0.25) is 0 Å².